The Morgan fingerprint density at radius 2 is 2.44 bits per heavy atom. The van der Waals surface area contributed by atoms with Crippen molar-refractivity contribution in [3.63, 3.8) is 0 Å². The monoisotopic (exact) mass is 222 g/mol. The highest BCUT2D eigenvalue weighted by Crippen LogP contribution is 2.10. The molecule has 6 heteroatoms. The average molecular weight is 222 g/mol. The Balaban J connectivity index is 2.70. The SMILES string of the molecule is CNC(=C[N+](=O)[O-])NC(C)c1cccnc1. The predicted octanol–water partition coefficient (Wildman–Crippen LogP) is 1.03. The van der Waals surface area contributed by atoms with Crippen LogP contribution in [-0.2, 0) is 0 Å². The first-order valence-electron chi connectivity index (χ1n) is 4.83. The van der Waals surface area contributed by atoms with Crippen LogP contribution in [0.15, 0.2) is 36.5 Å². The van der Waals surface area contributed by atoms with Gasteiger partial charge in [0.2, 0.25) is 0 Å². The quantitative estimate of drug-likeness (QED) is 0.574. The first kappa shape index (κ1) is 12.0. The van der Waals surface area contributed by atoms with E-state index in [4.69, 9.17) is 0 Å². The van der Waals surface area contributed by atoms with Crippen LogP contribution in [0.4, 0.5) is 0 Å². The van der Waals surface area contributed by atoms with Crippen LogP contribution in [-0.4, -0.2) is 17.0 Å². The summed E-state index contributed by atoms with van der Waals surface area (Å²) < 4.78 is 0. The molecule has 0 saturated carbocycles. The van der Waals surface area contributed by atoms with Gasteiger partial charge in [-0.25, -0.2) is 0 Å². The summed E-state index contributed by atoms with van der Waals surface area (Å²) in [6.45, 7) is 1.90. The minimum Gasteiger partial charge on any atom is -0.370 e. The van der Waals surface area contributed by atoms with Gasteiger partial charge in [-0.1, -0.05) is 6.07 Å². The number of aromatic nitrogens is 1. The van der Waals surface area contributed by atoms with Gasteiger partial charge in [-0.05, 0) is 18.6 Å². The molecule has 6 nitrogen and oxygen atoms in total. The van der Waals surface area contributed by atoms with Crippen molar-refractivity contribution in [1.29, 1.82) is 0 Å². The Hall–Kier alpha value is -2.11. The lowest BCUT2D eigenvalue weighted by atomic mass is 10.1. The van der Waals surface area contributed by atoms with Gasteiger partial charge in [0.1, 0.15) is 0 Å². The van der Waals surface area contributed by atoms with Gasteiger partial charge in [0.25, 0.3) is 6.20 Å². The molecule has 2 N–H and O–H groups in total. The van der Waals surface area contributed by atoms with Gasteiger partial charge in [0, 0.05) is 19.4 Å². The van der Waals surface area contributed by atoms with Crippen LogP contribution in [0.1, 0.15) is 18.5 Å². The normalized spacial score (nSPS) is 13.0. The summed E-state index contributed by atoms with van der Waals surface area (Å²) in [5.74, 6) is 0.362. The smallest absolute Gasteiger partial charge is 0.274 e. The van der Waals surface area contributed by atoms with Crippen LogP contribution in [0.5, 0.6) is 0 Å². The zero-order chi connectivity index (χ0) is 12.0. The van der Waals surface area contributed by atoms with Crippen molar-refractivity contribution in [2.75, 3.05) is 7.05 Å². The summed E-state index contributed by atoms with van der Waals surface area (Å²) in [5.41, 5.74) is 0.965. The summed E-state index contributed by atoms with van der Waals surface area (Å²) in [6, 6.07) is 3.68. The van der Waals surface area contributed by atoms with Crippen LogP contribution in [0.25, 0.3) is 0 Å². The zero-order valence-corrected chi connectivity index (χ0v) is 9.18. The zero-order valence-electron chi connectivity index (χ0n) is 9.18. The molecule has 86 valence electrons. The molecule has 0 saturated heterocycles. The standard InChI is InChI=1S/C10H14N4O2/c1-8(9-4-3-5-12-6-9)13-10(11-2)7-14(15)16/h3-8,11,13H,1-2H3. The minimum absolute atomic E-state index is 0.0488. The molecule has 0 amide bonds. The fourth-order valence-electron chi connectivity index (χ4n) is 1.23. The van der Waals surface area contributed by atoms with Crippen LogP contribution >= 0.6 is 0 Å². The van der Waals surface area contributed by atoms with E-state index < -0.39 is 4.92 Å². The van der Waals surface area contributed by atoms with Crippen LogP contribution in [0, 0.1) is 10.1 Å². The number of pyridine rings is 1. The molecule has 0 aliphatic carbocycles. The topological polar surface area (TPSA) is 80.1 Å². The van der Waals surface area contributed by atoms with E-state index in [1.54, 1.807) is 19.4 Å². The Labute approximate surface area is 93.5 Å². The molecule has 0 aliphatic heterocycles. The lowest BCUT2D eigenvalue weighted by Crippen LogP contribution is -2.27. The van der Waals surface area contributed by atoms with Crippen LogP contribution in [0.3, 0.4) is 0 Å². The second kappa shape index (κ2) is 5.69. The predicted molar refractivity (Wildman–Crippen MR) is 59.9 cm³/mol. The van der Waals surface area contributed by atoms with E-state index in [2.05, 4.69) is 15.6 Å². The summed E-state index contributed by atoms with van der Waals surface area (Å²) in [5, 5.41) is 16.0. The molecule has 0 fully saturated rings. The van der Waals surface area contributed by atoms with Gasteiger partial charge < -0.3 is 10.6 Å². The lowest BCUT2D eigenvalue weighted by molar-refractivity contribution is -0.404. The molecule has 0 aliphatic rings. The van der Waals surface area contributed by atoms with Crippen molar-refractivity contribution in [3.8, 4) is 0 Å². The molecule has 1 heterocycles. The second-order valence-electron chi connectivity index (χ2n) is 3.23. The molecular formula is C10H14N4O2. The molecule has 0 spiro atoms. The Morgan fingerprint density at radius 1 is 1.69 bits per heavy atom. The van der Waals surface area contributed by atoms with E-state index in [0.717, 1.165) is 11.8 Å². The summed E-state index contributed by atoms with van der Waals surface area (Å²) >= 11 is 0. The van der Waals surface area contributed by atoms with Gasteiger partial charge in [-0.3, -0.25) is 15.1 Å². The average Bonchev–Trinajstić information content (AvgIpc) is 2.28. The summed E-state index contributed by atoms with van der Waals surface area (Å²) in [6.07, 6.45) is 4.30. The Morgan fingerprint density at radius 3 is 2.94 bits per heavy atom. The third-order valence-corrected chi connectivity index (χ3v) is 2.06. The highest BCUT2D eigenvalue weighted by molar-refractivity contribution is 5.14. The van der Waals surface area contributed by atoms with Crippen molar-refractivity contribution in [2.24, 2.45) is 0 Å². The van der Waals surface area contributed by atoms with Crippen molar-refractivity contribution >= 4 is 0 Å². The first-order valence-corrected chi connectivity index (χ1v) is 4.83. The van der Waals surface area contributed by atoms with E-state index in [1.807, 2.05) is 19.1 Å². The largest absolute Gasteiger partial charge is 0.370 e. The van der Waals surface area contributed by atoms with Gasteiger partial charge in [-0.2, -0.15) is 0 Å². The van der Waals surface area contributed by atoms with Crippen molar-refractivity contribution < 1.29 is 4.92 Å². The molecule has 0 radical (unpaired) electrons. The number of rotatable bonds is 5. The van der Waals surface area contributed by atoms with Crippen molar-refractivity contribution in [2.45, 2.75) is 13.0 Å². The van der Waals surface area contributed by atoms with E-state index in [1.165, 1.54) is 0 Å². The highest BCUT2D eigenvalue weighted by atomic mass is 16.6. The molecule has 1 atom stereocenters. The fourth-order valence-corrected chi connectivity index (χ4v) is 1.23. The number of hydrogen-bond donors (Lipinski definition) is 2. The van der Waals surface area contributed by atoms with Gasteiger partial charge in [0.05, 0.1) is 11.0 Å². The first-order chi connectivity index (χ1) is 7.63. The van der Waals surface area contributed by atoms with E-state index in [0.29, 0.717) is 5.82 Å². The molecule has 1 rings (SSSR count). The van der Waals surface area contributed by atoms with Crippen molar-refractivity contribution in [1.82, 2.24) is 15.6 Å². The maximum Gasteiger partial charge on any atom is 0.274 e. The molecule has 1 unspecified atom stereocenters. The number of nitrogens with one attached hydrogen (secondary N) is 2. The molecule has 16 heavy (non-hydrogen) atoms. The van der Waals surface area contributed by atoms with Gasteiger partial charge >= 0.3 is 0 Å². The minimum atomic E-state index is -0.505. The molecule has 0 aromatic carbocycles. The fraction of sp³-hybridized carbons (Fsp3) is 0.300. The van der Waals surface area contributed by atoms with E-state index in [-0.39, 0.29) is 6.04 Å². The third-order valence-electron chi connectivity index (χ3n) is 2.06. The van der Waals surface area contributed by atoms with Crippen LogP contribution < -0.4 is 10.6 Å². The third kappa shape index (κ3) is 3.56. The van der Waals surface area contributed by atoms with Crippen molar-refractivity contribution in [3.05, 3.63) is 52.2 Å². The number of nitrogens with zero attached hydrogens (tertiary/aromatic N) is 2. The van der Waals surface area contributed by atoms with Gasteiger partial charge in [0.15, 0.2) is 5.82 Å². The summed E-state index contributed by atoms with van der Waals surface area (Å²) in [4.78, 5) is 13.8. The summed E-state index contributed by atoms with van der Waals surface area (Å²) in [7, 11) is 1.62. The molecule has 1 aromatic rings. The second-order valence-corrected chi connectivity index (χ2v) is 3.23. The molecular weight excluding hydrogens is 208 g/mol. The number of nitro groups is 1. The maximum atomic E-state index is 10.3. The van der Waals surface area contributed by atoms with Crippen LogP contribution in [0.2, 0.25) is 0 Å². The van der Waals surface area contributed by atoms with E-state index >= 15 is 0 Å². The molecule has 1 aromatic heterocycles. The molecule has 0 bridgehead atoms. The lowest BCUT2D eigenvalue weighted by Gasteiger charge is -2.15. The maximum absolute atomic E-state index is 10.3. The highest BCUT2D eigenvalue weighted by Gasteiger charge is 2.08. The number of hydrogen-bond acceptors (Lipinski definition) is 5. The Bertz CT molecular complexity index is 378. The van der Waals surface area contributed by atoms with E-state index in [9.17, 15) is 10.1 Å². The Kier molecular flexibility index (Phi) is 4.26. The van der Waals surface area contributed by atoms with Gasteiger partial charge in [-0.15, -0.1) is 0 Å².